The van der Waals surface area contributed by atoms with Crippen LogP contribution in [0.15, 0.2) is 46.9 Å². The summed E-state index contributed by atoms with van der Waals surface area (Å²) in [6.07, 6.45) is 0. The van der Waals surface area contributed by atoms with Crippen LogP contribution >= 0.6 is 15.9 Å². The molecule has 88 valence electrons. The van der Waals surface area contributed by atoms with Crippen molar-refractivity contribution in [2.45, 2.75) is 13.5 Å². The second kappa shape index (κ2) is 5.34. The van der Waals surface area contributed by atoms with Gasteiger partial charge in [-0.05, 0) is 58.2 Å². The molecule has 2 aromatic carbocycles. The molecule has 0 spiro atoms. The molecule has 0 heterocycles. The number of nitrogens with one attached hydrogen (secondary N) is 1. The zero-order chi connectivity index (χ0) is 12.3. The maximum atomic E-state index is 5.62. The van der Waals surface area contributed by atoms with Crippen molar-refractivity contribution in [1.82, 2.24) is 0 Å². The number of rotatable bonds is 3. The molecule has 2 aromatic rings. The van der Waals surface area contributed by atoms with Crippen LogP contribution in [0.3, 0.4) is 0 Å². The van der Waals surface area contributed by atoms with Crippen LogP contribution in [0.25, 0.3) is 0 Å². The number of benzene rings is 2. The third kappa shape index (κ3) is 3.08. The van der Waals surface area contributed by atoms with E-state index in [-0.39, 0.29) is 0 Å². The Bertz CT molecular complexity index is 523. The summed E-state index contributed by atoms with van der Waals surface area (Å²) < 4.78 is 1.07. The lowest BCUT2D eigenvalue weighted by Crippen LogP contribution is -1.97. The van der Waals surface area contributed by atoms with E-state index in [0.29, 0.717) is 6.54 Å². The quantitative estimate of drug-likeness (QED) is 0.898. The molecule has 0 amide bonds. The average Bonchev–Trinajstić information content (AvgIpc) is 2.33. The minimum Gasteiger partial charge on any atom is -0.355 e. The largest absolute Gasteiger partial charge is 0.355 e. The normalized spacial score (nSPS) is 10.3. The Morgan fingerprint density at radius 3 is 2.71 bits per heavy atom. The number of nitrogens with two attached hydrogens (primary N) is 1. The lowest BCUT2D eigenvalue weighted by Gasteiger charge is -2.10. The van der Waals surface area contributed by atoms with Gasteiger partial charge >= 0.3 is 0 Å². The first-order valence-corrected chi connectivity index (χ1v) is 6.30. The van der Waals surface area contributed by atoms with Crippen molar-refractivity contribution in [3.8, 4) is 0 Å². The fourth-order valence-corrected chi connectivity index (χ4v) is 2.25. The van der Waals surface area contributed by atoms with E-state index in [4.69, 9.17) is 5.73 Å². The molecular formula is C14H15BrN2. The molecule has 0 saturated carbocycles. The standard InChI is InChI=1S/C14H15BrN2/c1-10-5-6-14(13(15)7-10)17-12-4-2-3-11(8-12)9-16/h2-8,17H,9,16H2,1H3. The lowest BCUT2D eigenvalue weighted by molar-refractivity contribution is 1.07. The Kier molecular flexibility index (Phi) is 3.82. The van der Waals surface area contributed by atoms with Gasteiger partial charge in [-0.15, -0.1) is 0 Å². The number of aryl methyl sites for hydroxylation is 1. The Hall–Kier alpha value is -1.32. The lowest BCUT2D eigenvalue weighted by atomic mass is 10.2. The fraction of sp³-hybridized carbons (Fsp3) is 0.143. The Morgan fingerprint density at radius 2 is 2.00 bits per heavy atom. The third-order valence-electron chi connectivity index (χ3n) is 2.57. The van der Waals surface area contributed by atoms with E-state index in [1.54, 1.807) is 0 Å². The first kappa shape index (κ1) is 12.1. The summed E-state index contributed by atoms with van der Waals surface area (Å²) in [7, 11) is 0. The van der Waals surface area contributed by atoms with Crippen molar-refractivity contribution in [3.63, 3.8) is 0 Å². The van der Waals surface area contributed by atoms with E-state index in [1.807, 2.05) is 18.2 Å². The minimum atomic E-state index is 0.560. The van der Waals surface area contributed by atoms with E-state index < -0.39 is 0 Å². The number of hydrogen-bond donors (Lipinski definition) is 2. The average molecular weight is 291 g/mol. The SMILES string of the molecule is Cc1ccc(Nc2cccc(CN)c2)c(Br)c1. The monoisotopic (exact) mass is 290 g/mol. The van der Waals surface area contributed by atoms with Crippen molar-refractivity contribution < 1.29 is 0 Å². The zero-order valence-electron chi connectivity index (χ0n) is 9.70. The molecule has 0 unspecified atom stereocenters. The highest BCUT2D eigenvalue weighted by molar-refractivity contribution is 9.10. The number of anilines is 2. The fourth-order valence-electron chi connectivity index (χ4n) is 1.65. The van der Waals surface area contributed by atoms with Crippen molar-refractivity contribution in [2.24, 2.45) is 5.73 Å². The molecule has 0 aromatic heterocycles. The first-order valence-electron chi connectivity index (χ1n) is 5.51. The highest BCUT2D eigenvalue weighted by atomic mass is 79.9. The smallest absolute Gasteiger partial charge is 0.0528 e. The summed E-state index contributed by atoms with van der Waals surface area (Å²) in [4.78, 5) is 0. The van der Waals surface area contributed by atoms with Gasteiger partial charge in [0, 0.05) is 16.7 Å². The van der Waals surface area contributed by atoms with Gasteiger partial charge in [0.05, 0.1) is 5.69 Å². The molecule has 3 heteroatoms. The van der Waals surface area contributed by atoms with Crippen molar-refractivity contribution in [3.05, 3.63) is 58.1 Å². The van der Waals surface area contributed by atoms with Crippen LogP contribution in [0.1, 0.15) is 11.1 Å². The summed E-state index contributed by atoms with van der Waals surface area (Å²) in [6.45, 7) is 2.63. The summed E-state index contributed by atoms with van der Waals surface area (Å²) in [5.41, 5.74) is 10.1. The third-order valence-corrected chi connectivity index (χ3v) is 3.22. The van der Waals surface area contributed by atoms with Gasteiger partial charge < -0.3 is 11.1 Å². The van der Waals surface area contributed by atoms with E-state index >= 15 is 0 Å². The molecule has 0 radical (unpaired) electrons. The maximum Gasteiger partial charge on any atom is 0.0528 e. The van der Waals surface area contributed by atoms with Gasteiger partial charge in [-0.2, -0.15) is 0 Å². The second-order valence-electron chi connectivity index (χ2n) is 4.01. The Labute approximate surface area is 110 Å². The van der Waals surface area contributed by atoms with Gasteiger partial charge in [-0.1, -0.05) is 18.2 Å². The Balaban J connectivity index is 2.25. The molecule has 2 rings (SSSR count). The minimum absolute atomic E-state index is 0.560. The van der Waals surface area contributed by atoms with Crippen LogP contribution in [0.2, 0.25) is 0 Å². The molecule has 0 bridgehead atoms. The summed E-state index contributed by atoms with van der Waals surface area (Å²) in [5.74, 6) is 0. The topological polar surface area (TPSA) is 38.0 Å². The Morgan fingerprint density at radius 1 is 1.18 bits per heavy atom. The summed E-state index contributed by atoms with van der Waals surface area (Å²) in [5, 5.41) is 3.37. The molecule has 17 heavy (non-hydrogen) atoms. The van der Waals surface area contributed by atoms with Gasteiger partial charge in [-0.25, -0.2) is 0 Å². The van der Waals surface area contributed by atoms with Crippen LogP contribution in [0, 0.1) is 6.92 Å². The molecule has 0 fully saturated rings. The zero-order valence-corrected chi connectivity index (χ0v) is 11.3. The maximum absolute atomic E-state index is 5.62. The predicted molar refractivity (Wildman–Crippen MR) is 76.5 cm³/mol. The molecule has 0 aliphatic rings. The van der Waals surface area contributed by atoms with Gasteiger partial charge in [0.15, 0.2) is 0 Å². The van der Waals surface area contributed by atoms with E-state index in [2.05, 4.69) is 52.4 Å². The van der Waals surface area contributed by atoms with Gasteiger partial charge in [0.2, 0.25) is 0 Å². The second-order valence-corrected chi connectivity index (χ2v) is 4.87. The van der Waals surface area contributed by atoms with E-state index in [9.17, 15) is 0 Å². The summed E-state index contributed by atoms with van der Waals surface area (Å²) >= 11 is 3.55. The molecule has 2 nitrogen and oxygen atoms in total. The van der Waals surface area contributed by atoms with Crippen LogP contribution in [0.4, 0.5) is 11.4 Å². The van der Waals surface area contributed by atoms with Crippen LogP contribution in [-0.2, 0) is 6.54 Å². The number of hydrogen-bond acceptors (Lipinski definition) is 2. The van der Waals surface area contributed by atoms with E-state index in [0.717, 1.165) is 21.4 Å². The first-order chi connectivity index (χ1) is 8.19. The molecule has 3 N–H and O–H groups in total. The highest BCUT2D eigenvalue weighted by Gasteiger charge is 2.01. The van der Waals surface area contributed by atoms with Crippen molar-refractivity contribution >= 4 is 27.3 Å². The molecule has 0 aliphatic heterocycles. The highest BCUT2D eigenvalue weighted by Crippen LogP contribution is 2.27. The molecule has 0 aliphatic carbocycles. The molecule has 0 saturated heterocycles. The molecular weight excluding hydrogens is 276 g/mol. The van der Waals surface area contributed by atoms with Crippen molar-refractivity contribution in [1.29, 1.82) is 0 Å². The van der Waals surface area contributed by atoms with Crippen LogP contribution < -0.4 is 11.1 Å². The van der Waals surface area contributed by atoms with E-state index in [1.165, 1.54) is 5.56 Å². The predicted octanol–water partition coefficient (Wildman–Crippen LogP) is 3.96. The number of halogens is 1. The molecule has 0 atom stereocenters. The van der Waals surface area contributed by atoms with Gasteiger partial charge in [0.25, 0.3) is 0 Å². The van der Waals surface area contributed by atoms with Crippen LogP contribution in [0.5, 0.6) is 0 Å². The van der Waals surface area contributed by atoms with Gasteiger partial charge in [-0.3, -0.25) is 0 Å². The van der Waals surface area contributed by atoms with Gasteiger partial charge in [0.1, 0.15) is 0 Å². The van der Waals surface area contributed by atoms with Crippen LogP contribution in [-0.4, -0.2) is 0 Å². The van der Waals surface area contributed by atoms with Crippen molar-refractivity contribution in [2.75, 3.05) is 5.32 Å². The summed E-state index contributed by atoms with van der Waals surface area (Å²) in [6, 6.07) is 14.4.